The molecule has 0 fully saturated rings. The van der Waals surface area contributed by atoms with E-state index in [0.717, 1.165) is 22.3 Å². The largest absolute Gasteiger partial charge is 0.478 e. The second-order valence-electron chi connectivity index (χ2n) is 8.93. The molecule has 0 unspecified atom stereocenters. The van der Waals surface area contributed by atoms with E-state index in [4.69, 9.17) is 9.47 Å². The van der Waals surface area contributed by atoms with Crippen molar-refractivity contribution in [2.75, 3.05) is 6.61 Å². The minimum Gasteiger partial charge on any atom is -0.478 e. The molecule has 0 atom stereocenters. The highest BCUT2D eigenvalue weighted by molar-refractivity contribution is 7.90. The first-order valence-electron chi connectivity index (χ1n) is 12.1. The minimum absolute atomic E-state index is 0.0296. The van der Waals surface area contributed by atoms with Gasteiger partial charge in [-0.1, -0.05) is 35.9 Å². The number of aryl methyl sites for hydroxylation is 4. The van der Waals surface area contributed by atoms with Crippen LogP contribution in [0.2, 0.25) is 0 Å². The first kappa shape index (κ1) is 26.8. The SMILES string of the molecule is CCOc1cc(C)cc(-c2ccc(C(=O)NS(=O)(=O)c3ccccc3)c(Oc3c(C)cc(C)cc3C)n2)n1. The van der Waals surface area contributed by atoms with Crippen molar-refractivity contribution in [3.05, 3.63) is 94.5 Å². The Hall–Kier alpha value is -4.24. The van der Waals surface area contributed by atoms with Gasteiger partial charge < -0.3 is 9.47 Å². The molecular formula is C29H29N3O5S. The molecule has 8 nitrogen and oxygen atoms in total. The van der Waals surface area contributed by atoms with Gasteiger partial charge in [0.25, 0.3) is 15.9 Å². The number of hydrogen-bond acceptors (Lipinski definition) is 7. The van der Waals surface area contributed by atoms with Crippen LogP contribution in [-0.4, -0.2) is 30.9 Å². The fourth-order valence-corrected chi connectivity index (χ4v) is 5.07. The van der Waals surface area contributed by atoms with Crippen molar-refractivity contribution in [3.63, 3.8) is 0 Å². The number of ether oxygens (including phenoxy) is 2. The Bertz CT molecular complexity index is 1580. The third-order valence-corrected chi connectivity index (χ3v) is 7.04. The molecule has 4 aromatic rings. The lowest BCUT2D eigenvalue weighted by Gasteiger charge is -2.16. The molecule has 1 N–H and O–H groups in total. The number of aromatic nitrogens is 2. The number of carbonyl (C=O) groups excluding carboxylic acids is 1. The molecule has 4 rings (SSSR count). The quantitative estimate of drug-likeness (QED) is 0.311. The summed E-state index contributed by atoms with van der Waals surface area (Å²) in [5.41, 5.74) is 4.62. The van der Waals surface area contributed by atoms with Gasteiger partial charge in [0.05, 0.1) is 22.9 Å². The van der Waals surface area contributed by atoms with Gasteiger partial charge >= 0.3 is 0 Å². The van der Waals surface area contributed by atoms with Gasteiger partial charge in [0.15, 0.2) is 0 Å². The van der Waals surface area contributed by atoms with Crippen LogP contribution in [0, 0.1) is 27.7 Å². The van der Waals surface area contributed by atoms with Gasteiger partial charge in [-0.05, 0) is 81.6 Å². The Kier molecular flexibility index (Phi) is 7.78. The molecule has 2 heterocycles. The molecule has 0 aliphatic rings. The molecule has 2 aromatic carbocycles. The zero-order valence-electron chi connectivity index (χ0n) is 21.9. The van der Waals surface area contributed by atoms with E-state index in [9.17, 15) is 13.2 Å². The van der Waals surface area contributed by atoms with Crippen LogP contribution >= 0.6 is 0 Å². The lowest BCUT2D eigenvalue weighted by atomic mass is 10.1. The number of benzene rings is 2. The second kappa shape index (κ2) is 11.0. The Labute approximate surface area is 222 Å². The van der Waals surface area contributed by atoms with Crippen LogP contribution in [0.3, 0.4) is 0 Å². The third-order valence-electron chi connectivity index (χ3n) is 5.69. The average Bonchev–Trinajstić information content (AvgIpc) is 2.86. The van der Waals surface area contributed by atoms with E-state index in [1.165, 1.54) is 18.2 Å². The second-order valence-corrected chi connectivity index (χ2v) is 10.6. The van der Waals surface area contributed by atoms with E-state index < -0.39 is 15.9 Å². The van der Waals surface area contributed by atoms with Gasteiger partial charge in [-0.2, -0.15) is 0 Å². The summed E-state index contributed by atoms with van der Waals surface area (Å²) in [5, 5.41) is 0. The summed E-state index contributed by atoms with van der Waals surface area (Å²) in [4.78, 5) is 22.4. The normalized spacial score (nSPS) is 11.2. The van der Waals surface area contributed by atoms with Gasteiger partial charge in [0, 0.05) is 6.07 Å². The molecule has 0 aliphatic carbocycles. The van der Waals surface area contributed by atoms with Crippen LogP contribution in [-0.2, 0) is 10.0 Å². The fourth-order valence-electron chi connectivity index (χ4n) is 4.08. The van der Waals surface area contributed by atoms with Crippen molar-refractivity contribution in [2.45, 2.75) is 39.5 Å². The summed E-state index contributed by atoms with van der Waals surface area (Å²) in [6.07, 6.45) is 0. The van der Waals surface area contributed by atoms with Gasteiger partial charge in [-0.3, -0.25) is 4.79 Å². The van der Waals surface area contributed by atoms with Gasteiger partial charge in [-0.25, -0.2) is 23.1 Å². The van der Waals surface area contributed by atoms with E-state index in [1.807, 2.05) is 58.9 Å². The van der Waals surface area contributed by atoms with Crippen molar-refractivity contribution in [3.8, 4) is 28.9 Å². The summed E-state index contributed by atoms with van der Waals surface area (Å²) in [6, 6.07) is 18.3. The highest BCUT2D eigenvalue weighted by Crippen LogP contribution is 2.33. The maximum Gasteiger partial charge on any atom is 0.270 e. The van der Waals surface area contributed by atoms with Crippen LogP contribution < -0.4 is 14.2 Å². The van der Waals surface area contributed by atoms with Crippen LogP contribution in [0.25, 0.3) is 11.4 Å². The van der Waals surface area contributed by atoms with Crippen LogP contribution in [0.4, 0.5) is 0 Å². The number of sulfonamides is 1. The van der Waals surface area contributed by atoms with Crippen molar-refractivity contribution in [1.82, 2.24) is 14.7 Å². The molecule has 2 aromatic heterocycles. The monoisotopic (exact) mass is 531 g/mol. The Morgan fingerprint density at radius 2 is 1.50 bits per heavy atom. The van der Waals surface area contributed by atoms with Crippen LogP contribution in [0.15, 0.2) is 71.6 Å². The first-order valence-corrected chi connectivity index (χ1v) is 13.6. The van der Waals surface area contributed by atoms with E-state index in [2.05, 4.69) is 14.7 Å². The lowest BCUT2D eigenvalue weighted by Crippen LogP contribution is -2.31. The van der Waals surface area contributed by atoms with Gasteiger partial charge in [0.2, 0.25) is 11.8 Å². The smallest absolute Gasteiger partial charge is 0.270 e. The van der Waals surface area contributed by atoms with Gasteiger partial charge in [-0.15, -0.1) is 0 Å². The number of hydrogen-bond donors (Lipinski definition) is 1. The summed E-state index contributed by atoms with van der Waals surface area (Å²) < 4.78 is 39.6. The Morgan fingerprint density at radius 1 is 0.842 bits per heavy atom. The number of carbonyl (C=O) groups is 1. The topological polar surface area (TPSA) is 107 Å². The minimum atomic E-state index is -4.11. The molecular weight excluding hydrogens is 502 g/mol. The number of pyridine rings is 2. The number of nitrogens with one attached hydrogen (secondary N) is 1. The molecule has 0 bridgehead atoms. The van der Waals surface area contributed by atoms with E-state index in [0.29, 0.717) is 29.6 Å². The number of rotatable bonds is 8. The highest BCUT2D eigenvalue weighted by Gasteiger charge is 2.24. The predicted octanol–water partition coefficient (Wildman–Crippen LogP) is 5.69. The lowest BCUT2D eigenvalue weighted by molar-refractivity contribution is 0.0978. The molecule has 0 radical (unpaired) electrons. The molecule has 196 valence electrons. The summed E-state index contributed by atoms with van der Waals surface area (Å²) in [7, 11) is -4.11. The molecule has 0 saturated carbocycles. The molecule has 38 heavy (non-hydrogen) atoms. The Morgan fingerprint density at radius 3 is 2.16 bits per heavy atom. The predicted molar refractivity (Wildman–Crippen MR) is 145 cm³/mol. The Balaban J connectivity index is 1.80. The van der Waals surface area contributed by atoms with E-state index in [1.54, 1.807) is 24.3 Å². The summed E-state index contributed by atoms with van der Waals surface area (Å²) in [6.45, 7) is 10.0. The highest BCUT2D eigenvalue weighted by atomic mass is 32.2. The van der Waals surface area contributed by atoms with Crippen LogP contribution in [0.5, 0.6) is 17.5 Å². The zero-order valence-corrected chi connectivity index (χ0v) is 22.7. The van der Waals surface area contributed by atoms with E-state index >= 15 is 0 Å². The van der Waals surface area contributed by atoms with Crippen molar-refractivity contribution in [2.24, 2.45) is 0 Å². The maximum atomic E-state index is 13.3. The molecule has 9 heteroatoms. The molecule has 0 saturated heterocycles. The van der Waals surface area contributed by atoms with Crippen molar-refractivity contribution < 1.29 is 22.7 Å². The number of amides is 1. The average molecular weight is 532 g/mol. The van der Waals surface area contributed by atoms with E-state index in [-0.39, 0.29) is 16.3 Å². The van der Waals surface area contributed by atoms with Crippen molar-refractivity contribution in [1.29, 1.82) is 0 Å². The van der Waals surface area contributed by atoms with Gasteiger partial charge in [0.1, 0.15) is 11.3 Å². The fraction of sp³-hybridized carbons (Fsp3) is 0.207. The third kappa shape index (κ3) is 6.00. The van der Waals surface area contributed by atoms with Crippen LogP contribution in [0.1, 0.15) is 39.5 Å². The number of nitrogens with zero attached hydrogens (tertiary/aromatic N) is 2. The maximum absolute atomic E-state index is 13.3. The molecule has 1 amide bonds. The summed E-state index contributed by atoms with van der Waals surface area (Å²) in [5.74, 6) is 0.0808. The molecule has 0 aliphatic heterocycles. The van der Waals surface area contributed by atoms with Crippen molar-refractivity contribution >= 4 is 15.9 Å². The standard InChI is InChI=1S/C29H29N3O5S/c1-6-36-26-17-19(3)16-25(30-26)24-13-12-23(28(33)32-38(34,35)22-10-8-7-9-11-22)29(31-24)37-27-20(4)14-18(2)15-21(27)5/h7-17H,6H2,1-5H3,(H,32,33). The summed E-state index contributed by atoms with van der Waals surface area (Å²) >= 11 is 0. The first-order chi connectivity index (χ1) is 18.1. The molecule has 0 spiro atoms. The zero-order chi connectivity index (χ0) is 27.4.